The Morgan fingerprint density at radius 3 is 2.29 bits per heavy atom. The molecule has 3 rings (SSSR count). The Morgan fingerprint density at radius 1 is 1.07 bits per heavy atom. The molecule has 0 amide bonds. The van der Waals surface area contributed by atoms with Gasteiger partial charge in [-0.05, 0) is 41.2 Å². The molecule has 0 N–H and O–H groups in total. The molecular weight excluding hydrogens is 372 g/mol. The number of para-hydroxylation sites is 1. The van der Waals surface area contributed by atoms with Gasteiger partial charge in [-0.15, -0.1) is 0 Å². The minimum atomic E-state index is -0.427. The molecule has 0 aliphatic heterocycles. The van der Waals surface area contributed by atoms with Crippen LogP contribution in [0.5, 0.6) is 5.88 Å². The number of hydrogen-bond acceptors (Lipinski definition) is 3. The number of nitrogens with zero attached hydrogens (tertiary/aromatic N) is 2. The van der Waals surface area contributed by atoms with E-state index in [1.54, 1.807) is 28.9 Å². The number of carbonyl (C=O) groups is 1. The lowest BCUT2D eigenvalue weighted by Crippen LogP contribution is -2.14. The summed E-state index contributed by atoms with van der Waals surface area (Å²) in [5.41, 5.74) is 3.17. The van der Waals surface area contributed by atoms with Crippen molar-refractivity contribution in [3.63, 3.8) is 0 Å². The molecule has 1 heterocycles. The molecule has 0 unspecified atom stereocenters. The van der Waals surface area contributed by atoms with Crippen molar-refractivity contribution in [3.8, 4) is 11.6 Å². The number of hydrogen-bond donors (Lipinski definition) is 0. The molecule has 4 nitrogen and oxygen atoms in total. The third kappa shape index (κ3) is 4.28. The summed E-state index contributed by atoms with van der Waals surface area (Å²) in [5, 5.41) is 5.12. The molecular formula is C23H25ClN2O2. The number of esters is 1. The minimum Gasteiger partial charge on any atom is -0.404 e. The van der Waals surface area contributed by atoms with E-state index in [-0.39, 0.29) is 11.3 Å². The summed E-state index contributed by atoms with van der Waals surface area (Å²) in [6.07, 6.45) is 0. The highest BCUT2D eigenvalue weighted by molar-refractivity contribution is 6.32. The van der Waals surface area contributed by atoms with Crippen molar-refractivity contribution >= 4 is 17.6 Å². The van der Waals surface area contributed by atoms with Crippen molar-refractivity contribution in [2.24, 2.45) is 0 Å². The van der Waals surface area contributed by atoms with Gasteiger partial charge in [0.1, 0.15) is 0 Å². The second-order valence-electron chi connectivity index (χ2n) is 8.14. The van der Waals surface area contributed by atoms with Crippen molar-refractivity contribution in [3.05, 3.63) is 76.4 Å². The summed E-state index contributed by atoms with van der Waals surface area (Å²) >= 11 is 6.33. The molecule has 0 spiro atoms. The maximum atomic E-state index is 12.7. The Kier molecular flexibility index (Phi) is 5.61. The highest BCUT2D eigenvalue weighted by atomic mass is 35.5. The Balaban J connectivity index is 1.93. The molecule has 0 atom stereocenters. The molecule has 3 aromatic rings. The van der Waals surface area contributed by atoms with E-state index in [9.17, 15) is 4.79 Å². The van der Waals surface area contributed by atoms with Gasteiger partial charge in [-0.3, -0.25) is 0 Å². The van der Waals surface area contributed by atoms with E-state index in [1.807, 2.05) is 44.2 Å². The van der Waals surface area contributed by atoms with Crippen LogP contribution < -0.4 is 4.74 Å². The van der Waals surface area contributed by atoms with E-state index < -0.39 is 5.97 Å². The van der Waals surface area contributed by atoms with Gasteiger partial charge in [0.15, 0.2) is 0 Å². The molecule has 0 aliphatic rings. The zero-order valence-corrected chi connectivity index (χ0v) is 17.6. The molecule has 0 bridgehead atoms. The van der Waals surface area contributed by atoms with Crippen LogP contribution in [0.1, 0.15) is 62.2 Å². The first-order chi connectivity index (χ1) is 13.2. The first kappa shape index (κ1) is 20.2. The van der Waals surface area contributed by atoms with E-state index in [0.717, 1.165) is 11.3 Å². The number of ether oxygens (including phenoxy) is 1. The number of carbonyl (C=O) groups excluding carboxylic acids is 1. The topological polar surface area (TPSA) is 44.1 Å². The van der Waals surface area contributed by atoms with Crippen LogP contribution in [-0.2, 0) is 5.41 Å². The minimum absolute atomic E-state index is 0.0251. The van der Waals surface area contributed by atoms with Gasteiger partial charge >= 0.3 is 5.97 Å². The average molecular weight is 397 g/mol. The molecule has 0 aliphatic carbocycles. The van der Waals surface area contributed by atoms with E-state index in [2.05, 4.69) is 25.9 Å². The van der Waals surface area contributed by atoms with Gasteiger partial charge in [-0.25, -0.2) is 4.79 Å². The molecule has 0 radical (unpaired) electrons. The second kappa shape index (κ2) is 7.80. The molecule has 1 aromatic heterocycles. The highest BCUT2D eigenvalue weighted by Crippen LogP contribution is 2.29. The van der Waals surface area contributed by atoms with Gasteiger partial charge in [0.25, 0.3) is 0 Å². The van der Waals surface area contributed by atoms with Crippen molar-refractivity contribution in [2.75, 3.05) is 0 Å². The maximum Gasteiger partial charge on any atom is 0.344 e. The third-order valence-electron chi connectivity index (χ3n) is 4.55. The van der Waals surface area contributed by atoms with Crippen LogP contribution in [0.3, 0.4) is 0 Å². The van der Waals surface area contributed by atoms with Crippen LogP contribution >= 0.6 is 11.6 Å². The van der Waals surface area contributed by atoms with Gasteiger partial charge in [-0.1, -0.05) is 70.5 Å². The SMILES string of the molecule is CC(C)c1cc(OC(=O)c2ccc(C(C)(C)C)cc2)n(-c2ccccc2Cl)n1. The van der Waals surface area contributed by atoms with Crippen LogP contribution in [0.25, 0.3) is 5.69 Å². The van der Waals surface area contributed by atoms with Crippen molar-refractivity contribution < 1.29 is 9.53 Å². The number of halogens is 1. The highest BCUT2D eigenvalue weighted by Gasteiger charge is 2.19. The molecule has 28 heavy (non-hydrogen) atoms. The van der Waals surface area contributed by atoms with Gasteiger partial charge in [-0.2, -0.15) is 9.78 Å². The van der Waals surface area contributed by atoms with Crippen LogP contribution in [0, 0.1) is 0 Å². The molecule has 0 saturated heterocycles. The fourth-order valence-corrected chi connectivity index (χ4v) is 3.01. The summed E-state index contributed by atoms with van der Waals surface area (Å²) in [5.74, 6) is 0.109. The number of aromatic nitrogens is 2. The predicted molar refractivity (Wildman–Crippen MR) is 113 cm³/mol. The van der Waals surface area contributed by atoms with Crippen molar-refractivity contribution in [1.82, 2.24) is 9.78 Å². The fraction of sp³-hybridized carbons (Fsp3) is 0.304. The summed E-state index contributed by atoms with van der Waals surface area (Å²) < 4.78 is 7.28. The Morgan fingerprint density at radius 2 is 1.71 bits per heavy atom. The molecule has 0 fully saturated rings. The maximum absolute atomic E-state index is 12.7. The monoisotopic (exact) mass is 396 g/mol. The third-order valence-corrected chi connectivity index (χ3v) is 4.87. The smallest absolute Gasteiger partial charge is 0.344 e. The van der Waals surface area contributed by atoms with E-state index >= 15 is 0 Å². The number of benzene rings is 2. The Labute approximate surface area is 171 Å². The van der Waals surface area contributed by atoms with Crippen molar-refractivity contribution in [1.29, 1.82) is 0 Å². The Bertz CT molecular complexity index is 983. The standard InChI is InChI=1S/C23H25ClN2O2/c1-15(2)19-14-21(26(25-19)20-9-7-6-8-18(20)24)28-22(27)16-10-12-17(13-11-16)23(3,4)5/h6-15H,1-5H3. The van der Waals surface area contributed by atoms with Crippen LogP contribution in [0.4, 0.5) is 0 Å². The van der Waals surface area contributed by atoms with E-state index in [1.165, 1.54) is 0 Å². The molecule has 2 aromatic carbocycles. The van der Waals surface area contributed by atoms with Crippen LogP contribution in [0.15, 0.2) is 54.6 Å². The average Bonchev–Trinajstić information content (AvgIpc) is 3.05. The van der Waals surface area contributed by atoms with E-state index in [0.29, 0.717) is 22.2 Å². The normalized spacial score (nSPS) is 11.7. The fourth-order valence-electron chi connectivity index (χ4n) is 2.79. The second-order valence-corrected chi connectivity index (χ2v) is 8.55. The molecule has 5 heteroatoms. The first-order valence-electron chi connectivity index (χ1n) is 9.34. The first-order valence-corrected chi connectivity index (χ1v) is 9.72. The summed E-state index contributed by atoms with van der Waals surface area (Å²) in [6, 6.07) is 16.6. The largest absolute Gasteiger partial charge is 0.404 e. The van der Waals surface area contributed by atoms with Crippen molar-refractivity contribution in [2.45, 2.75) is 46.0 Å². The number of rotatable bonds is 4. The zero-order valence-electron chi connectivity index (χ0n) is 16.9. The summed E-state index contributed by atoms with van der Waals surface area (Å²) in [6.45, 7) is 10.5. The lowest BCUT2D eigenvalue weighted by molar-refractivity contribution is 0.0723. The quantitative estimate of drug-likeness (QED) is 0.495. The lowest BCUT2D eigenvalue weighted by atomic mass is 9.87. The van der Waals surface area contributed by atoms with Crippen LogP contribution in [0.2, 0.25) is 5.02 Å². The lowest BCUT2D eigenvalue weighted by Gasteiger charge is -2.18. The van der Waals surface area contributed by atoms with Gasteiger partial charge < -0.3 is 4.74 Å². The van der Waals surface area contributed by atoms with Crippen LogP contribution in [-0.4, -0.2) is 15.7 Å². The van der Waals surface area contributed by atoms with Gasteiger partial charge in [0.2, 0.25) is 5.88 Å². The van der Waals surface area contributed by atoms with Gasteiger partial charge in [0, 0.05) is 6.07 Å². The van der Waals surface area contributed by atoms with Gasteiger partial charge in [0.05, 0.1) is 22.0 Å². The summed E-state index contributed by atoms with van der Waals surface area (Å²) in [4.78, 5) is 12.7. The summed E-state index contributed by atoms with van der Waals surface area (Å²) in [7, 11) is 0. The molecule has 0 saturated carbocycles. The molecule has 146 valence electrons. The zero-order chi connectivity index (χ0) is 20.5. The predicted octanol–water partition coefficient (Wildman–Crippen LogP) is 6.17. The Hall–Kier alpha value is -2.59. The van der Waals surface area contributed by atoms with E-state index in [4.69, 9.17) is 16.3 Å².